The molecule has 0 aliphatic heterocycles. The molecule has 1 aromatic rings. The molecule has 0 nitrogen and oxygen atoms in total. The van der Waals surface area contributed by atoms with Gasteiger partial charge in [0.05, 0.1) is 0 Å². The summed E-state index contributed by atoms with van der Waals surface area (Å²) in [4.78, 5) is 0. The summed E-state index contributed by atoms with van der Waals surface area (Å²) in [5.41, 5.74) is 10.5. The summed E-state index contributed by atoms with van der Waals surface area (Å²) in [7, 11) is 0. The number of allylic oxidation sites excluding steroid dienone is 9. The van der Waals surface area contributed by atoms with Crippen LogP contribution in [0, 0.1) is 11.3 Å². The van der Waals surface area contributed by atoms with Crippen LogP contribution in [0.3, 0.4) is 0 Å². The Morgan fingerprint density at radius 1 is 1.18 bits per heavy atom. The van der Waals surface area contributed by atoms with Gasteiger partial charge >= 0.3 is 0 Å². The first-order valence-corrected chi connectivity index (χ1v) is 10.9. The van der Waals surface area contributed by atoms with Crippen molar-refractivity contribution >= 4 is 6.08 Å². The van der Waals surface area contributed by atoms with Crippen LogP contribution in [0.1, 0.15) is 70.2 Å². The number of hydrogen-bond acceptors (Lipinski definition) is 0. The van der Waals surface area contributed by atoms with E-state index in [2.05, 4.69) is 96.2 Å². The van der Waals surface area contributed by atoms with Crippen LogP contribution in [-0.4, -0.2) is 0 Å². The summed E-state index contributed by atoms with van der Waals surface area (Å²) in [5, 5.41) is 0. The fraction of sp³-hybridized carbons (Fsp3) is 0.429. The average molecular weight is 373 g/mol. The first-order valence-electron chi connectivity index (χ1n) is 10.9. The molecular formula is C28H36. The van der Waals surface area contributed by atoms with Crippen molar-refractivity contribution in [1.82, 2.24) is 0 Å². The van der Waals surface area contributed by atoms with Crippen LogP contribution in [0.25, 0.3) is 6.08 Å². The van der Waals surface area contributed by atoms with Crippen molar-refractivity contribution in [2.75, 3.05) is 0 Å². The minimum absolute atomic E-state index is 0.229. The second-order valence-electron chi connectivity index (χ2n) is 8.84. The molecule has 0 N–H and O–H groups in total. The fourth-order valence-electron chi connectivity index (χ4n) is 4.33. The molecule has 28 heavy (non-hydrogen) atoms. The van der Waals surface area contributed by atoms with Gasteiger partial charge in [0.25, 0.3) is 0 Å². The first kappa shape index (κ1) is 20.6. The lowest BCUT2D eigenvalue weighted by Gasteiger charge is -2.32. The van der Waals surface area contributed by atoms with E-state index in [9.17, 15) is 0 Å². The highest BCUT2D eigenvalue weighted by atomic mass is 14.3. The molecule has 2 aliphatic rings. The molecule has 2 unspecified atom stereocenters. The van der Waals surface area contributed by atoms with Gasteiger partial charge < -0.3 is 0 Å². The topological polar surface area (TPSA) is 0 Å². The van der Waals surface area contributed by atoms with Crippen molar-refractivity contribution in [2.24, 2.45) is 11.3 Å². The summed E-state index contributed by atoms with van der Waals surface area (Å²) in [6.07, 6.45) is 20.9. The molecule has 3 rings (SSSR count). The Morgan fingerprint density at radius 2 is 1.89 bits per heavy atom. The van der Waals surface area contributed by atoms with Crippen molar-refractivity contribution in [2.45, 2.75) is 67.2 Å². The Balaban J connectivity index is 1.74. The molecule has 2 aliphatic carbocycles. The van der Waals surface area contributed by atoms with Gasteiger partial charge in [0.2, 0.25) is 0 Å². The zero-order valence-corrected chi connectivity index (χ0v) is 18.6. The van der Waals surface area contributed by atoms with E-state index in [-0.39, 0.29) is 5.41 Å². The van der Waals surface area contributed by atoms with Gasteiger partial charge in [-0.05, 0) is 84.3 Å². The van der Waals surface area contributed by atoms with Gasteiger partial charge in [-0.1, -0.05) is 87.9 Å². The molecule has 0 saturated carbocycles. The predicted molar refractivity (Wildman–Crippen MR) is 125 cm³/mol. The molecule has 0 aromatic heterocycles. The quantitative estimate of drug-likeness (QED) is 0.447. The minimum atomic E-state index is 0.229. The second kappa shape index (κ2) is 8.52. The number of fused-ring (bicyclic) bond motifs is 1. The number of hydrogen-bond donors (Lipinski definition) is 0. The molecule has 0 amide bonds. The van der Waals surface area contributed by atoms with Gasteiger partial charge in [-0.15, -0.1) is 0 Å². The largest absolute Gasteiger partial charge is 0.0808 e. The summed E-state index contributed by atoms with van der Waals surface area (Å²) in [5.74, 6) is 0.519. The molecule has 0 heteroatoms. The Labute approximate surface area is 172 Å². The van der Waals surface area contributed by atoms with Crippen molar-refractivity contribution < 1.29 is 0 Å². The van der Waals surface area contributed by atoms with E-state index in [1.165, 1.54) is 33.4 Å². The molecule has 0 radical (unpaired) electrons. The van der Waals surface area contributed by atoms with E-state index in [4.69, 9.17) is 0 Å². The second-order valence-corrected chi connectivity index (χ2v) is 8.84. The monoisotopic (exact) mass is 372 g/mol. The Hall–Kier alpha value is -2.08. The Bertz CT molecular complexity index is 885. The predicted octanol–water partition coefficient (Wildman–Crippen LogP) is 7.80. The molecule has 0 saturated heterocycles. The smallest absolute Gasteiger partial charge is 0.00142 e. The summed E-state index contributed by atoms with van der Waals surface area (Å²) < 4.78 is 0. The zero-order valence-electron chi connectivity index (χ0n) is 18.6. The maximum absolute atomic E-state index is 2.44. The number of benzene rings is 1. The van der Waals surface area contributed by atoms with Crippen LogP contribution in [-0.2, 0) is 19.3 Å². The molecule has 0 bridgehead atoms. The van der Waals surface area contributed by atoms with Gasteiger partial charge in [-0.25, -0.2) is 0 Å². The molecule has 0 fully saturated rings. The maximum atomic E-state index is 2.44. The van der Waals surface area contributed by atoms with Crippen molar-refractivity contribution in [3.8, 4) is 0 Å². The zero-order chi connectivity index (χ0) is 20.3. The van der Waals surface area contributed by atoms with Gasteiger partial charge in [-0.2, -0.15) is 0 Å². The summed E-state index contributed by atoms with van der Waals surface area (Å²) in [6.45, 7) is 13.7. The molecule has 2 atom stereocenters. The van der Waals surface area contributed by atoms with Crippen molar-refractivity contribution in [3.05, 3.63) is 87.6 Å². The van der Waals surface area contributed by atoms with E-state index in [1.807, 2.05) is 0 Å². The van der Waals surface area contributed by atoms with Gasteiger partial charge in [0.15, 0.2) is 0 Å². The SMILES string of the molecule is CCc1ccc(CC)c2c1C=C(/C(C)=C/C=C/C(C)C1(C)C=CC(C)=CC1)C2. The minimum Gasteiger partial charge on any atom is -0.0808 e. The molecule has 0 spiro atoms. The molecule has 148 valence electrons. The first-order chi connectivity index (χ1) is 13.4. The van der Waals surface area contributed by atoms with Gasteiger partial charge in [0.1, 0.15) is 0 Å². The highest BCUT2D eigenvalue weighted by Gasteiger charge is 2.27. The van der Waals surface area contributed by atoms with Crippen LogP contribution in [0.15, 0.2) is 65.3 Å². The molecule has 0 heterocycles. The van der Waals surface area contributed by atoms with E-state index < -0.39 is 0 Å². The van der Waals surface area contributed by atoms with Crippen LogP contribution in [0.5, 0.6) is 0 Å². The lowest BCUT2D eigenvalue weighted by Crippen LogP contribution is -2.22. The van der Waals surface area contributed by atoms with Gasteiger partial charge in [-0.3, -0.25) is 0 Å². The lowest BCUT2D eigenvalue weighted by atomic mass is 9.72. The normalized spacial score (nSPS) is 23.0. The van der Waals surface area contributed by atoms with Crippen molar-refractivity contribution in [1.29, 1.82) is 0 Å². The summed E-state index contributed by atoms with van der Waals surface area (Å²) >= 11 is 0. The maximum Gasteiger partial charge on any atom is -0.00142 e. The Morgan fingerprint density at radius 3 is 2.54 bits per heavy atom. The van der Waals surface area contributed by atoms with Crippen LogP contribution in [0.4, 0.5) is 0 Å². The number of rotatable bonds is 6. The van der Waals surface area contributed by atoms with E-state index >= 15 is 0 Å². The standard InChI is InChI=1S/C28H36/c1-7-23-12-13-24(8-2)27-19-25(18-26(23)27)21(4)10-9-11-22(5)28(6)16-14-20(3)15-17-28/h9-16,18,22H,7-8,17,19H2,1-6H3/b11-9+,21-10+. The third-order valence-corrected chi connectivity index (χ3v) is 6.88. The van der Waals surface area contributed by atoms with Gasteiger partial charge in [0, 0.05) is 0 Å². The van der Waals surface area contributed by atoms with E-state index in [1.54, 1.807) is 5.56 Å². The molecular weight excluding hydrogens is 336 g/mol. The molecule has 1 aromatic carbocycles. The average Bonchev–Trinajstić information content (AvgIpc) is 3.15. The third kappa shape index (κ3) is 4.17. The Kier molecular flexibility index (Phi) is 6.28. The lowest BCUT2D eigenvalue weighted by molar-refractivity contribution is 0.329. The fourth-order valence-corrected chi connectivity index (χ4v) is 4.33. The van der Waals surface area contributed by atoms with Crippen LogP contribution >= 0.6 is 0 Å². The highest BCUT2D eigenvalue weighted by molar-refractivity contribution is 5.72. The number of aryl methyl sites for hydroxylation is 2. The highest BCUT2D eigenvalue weighted by Crippen LogP contribution is 2.38. The van der Waals surface area contributed by atoms with Crippen LogP contribution < -0.4 is 0 Å². The third-order valence-electron chi connectivity index (χ3n) is 6.88. The van der Waals surface area contributed by atoms with Crippen LogP contribution in [0.2, 0.25) is 0 Å². The van der Waals surface area contributed by atoms with E-state index in [0.29, 0.717) is 5.92 Å². The van der Waals surface area contributed by atoms with Crippen molar-refractivity contribution in [3.63, 3.8) is 0 Å². The summed E-state index contributed by atoms with van der Waals surface area (Å²) in [6, 6.07) is 4.66. The van der Waals surface area contributed by atoms with E-state index in [0.717, 1.165) is 25.7 Å².